The Labute approximate surface area is 191 Å². The topological polar surface area (TPSA) is 58.8 Å². The summed E-state index contributed by atoms with van der Waals surface area (Å²) < 4.78 is 11.1. The molecule has 2 fully saturated rings. The number of likely N-dealkylation sites (tertiary alicyclic amines) is 1. The molecule has 2 aromatic rings. The van der Waals surface area contributed by atoms with Crippen LogP contribution >= 0.6 is 0 Å². The van der Waals surface area contributed by atoms with E-state index in [1.54, 1.807) is 0 Å². The van der Waals surface area contributed by atoms with Crippen molar-refractivity contribution in [2.45, 2.75) is 65.5 Å². The zero-order chi connectivity index (χ0) is 22.5. The van der Waals surface area contributed by atoms with Crippen LogP contribution in [-0.2, 0) is 22.5 Å². The maximum Gasteiger partial charge on any atom is 0.227 e. The molecule has 0 unspecified atom stereocenters. The third-order valence-electron chi connectivity index (χ3n) is 7.15. The molecule has 1 amide bonds. The van der Waals surface area contributed by atoms with Crippen LogP contribution < -0.4 is 0 Å². The number of carbonyl (C=O) groups is 1. The van der Waals surface area contributed by atoms with Crippen LogP contribution in [0.3, 0.4) is 0 Å². The quantitative estimate of drug-likeness (QED) is 0.621. The lowest BCUT2D eigenvalue weighted by Crippen LogP contribution is -2.44. The Kier molecular flexibility index (Phi) is 7.63. The standard InChI is InChI=1S/C26H37N3O3/c1-19-7-4-5-8-23(19)17-28-12-10-22(11-13-28)16-29(18-24-9-6-14-31-24)26(30)15-25-20(2)27-32-21(25)3/h4-5,7-8,22,24H,6,9-18H2,1-3H3/t24-/m1/s1. The van der Waals surface area contributed by atoms with Gasteiger partial charge in [0.25, 0.3) is 0 Å². The third-order valence-corrected chi connectivity index (χ3v) is 7.15. The third kappa shape index (κ3) is 5.78. The molecule has 6 heteroatoms. The lowest BCUT2D eigenvalue weighted by atomic mass is 9.95. The van der Waals surface area contributed by atoms with E-state index in [2.05, 4.69) is 46.1 Å². The molecular weight excluding hydrogens is 402 g/mol. The minimum atomic E-state index is 0.164. The second kappa shape index (κ2) is 10.6. The summed E-state index contributed by atoms with van der Waals surface area (Å²) in [5, 5.41) is 4.02. The van der Waals surface area contributed by atoms with Crippen LogP contribution in [0.1, 0.15) is 53.8 Å². The molecule has 0 N–H and O–H groups in total. The average molecular weight is 440 g/mol. The Morgan fingerprint density at radius 3 is 2.56 bits per heavy atom. The van der Waals surface area contributed by atoms with Gasteiger partial charge in [-0.15, -0.1) is 0 Å². The van der Waals surface area contributed by atoms with Crippen LogP contribution in [0.15, 0.2) is 28.8 Å². The van der Waals surface area contributed by atoms with Crippen LogP contribution in [0.2, 0.25) is 0 Å². The minimum Gasteiger partial charge on any atom is -0.376 e. The van der Waals surface area contributed by atoms with Gasteiger partial charge in [0.05, 0.1) is 18.2 Å². The number of hydrogen-bond donors (Lipinski definition) is 0. The van der Waals surface area contributed by atoms with Gasteiger partial charge in [-0.05, 0) is 76.6 Å². The fourth-order valence-corrected chi connectivity index (χ4v) is 5.00. The second-order valence-electron chi connectivity index (χ2n) is 9.56. The van der Waals surface area contributed by atoms with E-state index in [-0.39, 0.29) is 12.0 Å². The van der Waals surface area contributed by atoms with Gasteiger partial charge in [0.15, 0.2) is 0 Å². The lowest BCUT2D eigenvalue weighted by molar-refractivity contribution is -0.133. The number of nitrogens with zero attached hydrogens (tertiary/aromatic N) is 3. The Morgan fingerprint density at radius 2 is 1.91 bits per heavy atom. The van der Waals surface area contributed by atoms with Crippen molar-refractivity contribution in [2.75, 3.05) is 32.8 Å². The highest BCUT2D eigenvalue weighted by Crippen LogP contribution is 2.23. The second-order valence-corrected chi connectivity index (χ2v) is 9.56. The van der Waals surface area contributed by atoms with Crippen LogP contribution in [0.5, 0.6) is 0 Å². The van der Waals surface area contributed by atoms with Crippen molar-refractivity contribution >= 4 is 5.91 Å². The molecule has 0 aliphatic carbocycles. The van der Waals surface area contributed by atoms with Gasteiger partial charge in [-0.3, -0.25) is 9.69 Å². The van der Waals surface area contributed by atoms with E-state index < -0.39 is 0 Å². The van der Waals surface area contributed by atoms with E-state index in [1.807, 2.05) is 13.8 Å². The molecule has 2 aliphatic heterocycles. The Hall–Kier alpha value is -2.18. The van der Waals surface area contributed by atoms with Crippen LogP contribution in [0.25, 0.3) is 0 Å². The van der Waals surface area contributed by atoms with E-state index >= 15 is 0 Å². The molecular formula is C26H37N3O3. The molecule has 1 aromatic heterocycles. The first-order chi connectivity index (χ1) is 15.5. The first-order valence-corrected chi connectivity index (χ1v) is 12.1. The normalized spacial score (nSPS) is 20.0. The molecule has 6 nitrogen and oxygen atoms in total. The number of aryl methyl sites for hydroxylation is 3. The number of benzene rings is 1. The highest BCUT2D eigenvalue weighted by atomic mass is 16.5. The van der Waals surface area contributed by atoms with Crippen LogP contribution in [0, 0.1) is 26.7 Å². The highest BCUT2D eigenvalue weighted by molar-refractivity contribution is 5.79. The highest BCUT2D eigenvalue weighted by Gasteiger charge is 2.28. The first-order valence-electron chi connectivity index (χ1n) is 12.1. The van der Waals surface area contributed by atoms with E-state index in [9.17, 15) is 4.79 Å². The van der Waals surface area contributed by atoms with E-state index in [4.69, 9.17) is 9.26 Å². The predicted molar refractivity (Wildman–Crippen MR) is 124 cm³/mol. The average Bonchev–Trinajstić information content (AvgIpc) is 3.41. The van der Waals surface area contributed by atoms with Gasteiger partial charge in [-0.2, -0.15) is 0 Å². The van der Waals surface area contributed by atoms with E-state index in [0.29, 0.717) is 18.9 Å². The maximum atomic E-state index is 13.3. The number of piperidine rings is 1. The maximum absolute atomic E-state index is 13.3. The SMILES string of the molecule is Cc1ccccc1CN1CCC(CN(C[C@H]2CCCO2)C(=O)Cc2c(C)noc2C)CC1. The van der Waals surface area contributed by atoms with Crippen LogP contribution in [0.4, 0.5) is 0 Å². The smallest absolute Gasteiger partial charge is 0.227 e. The van der Waals surface area contributed by atoms with Crippen LogP contribution in [-0.4, -0.2) is 59.8 Å². The summed E-state index contributed by atoms with van der Waals surface area (Å²) in [5.41, 5.74) is 4.53. The molecule has 0 radical (unpaired) electrons. The number of hydrogen-bond acceptors (Lipinski definition) is 5. The molecule has 32 heavy (non-hydrogen) atoms. The van der Waals surface area contributed by atoms with Gasteiger partial charge < -0.3 is 14.2 Å². The van der Waals surface area contributed by atoms with Gasteiger partial charge >= 0.3 is 0 Å². The summed E-state index contributed by atoms with van der Waals surface area (Å²) in [5.74, 6) is 1.45. The van der Waals surface area contributed by atoms with Gasteiger partial charge in [0.1, 0.15) is 5.76 Å². The summed E-state index contributed by atoms with van der Waals surface area (Å²) in [6.45, 7) is 11.5. The molecule has 0 bridgehead atoms. The molecule has 0 spiro atoms. The molecule has 1 atom stereocenters. The zero-order valence-corrected chi connectivity index (χ0v) is 19.8. The predicted octanol–water partition coefficient (Wildman–Crippen LogP) is 4.06. The molecule has 4 rings (SSSR count). The number of ether oxygens (including phenoxy) is 1. The molecule has 174 valence electrons. The van der Waals surface area contributed by atoms with Gasteiger partial charge in [0, 0.05) is 31.8 Å². The number of amides is 1. The van der Waals surface area contributed by atoms with Gasteiger partial charge in [-0.25, -0.2) is 0 Å². The fourth-order valence-electron chi connectivity index (χ4n) is 5.00. The molecule has 3 heterocycles. The first kappa shape index (κ1) is 23.0. The van der Waals surface area contributed by atoms with Gasteiger partial charge in [-0.1, -0.05) is 29.4 Å². The number of aromatic nitrogens is 1. The summed E-state index contributed by atoms with van der Waals surface area (Å²) >= 11 is 0. The van der Waals surface area contributed by atoms with E-state index in [1.165, 1.54) is 11.1 Å². The Balaban J connectivity index is 1.34. The van der Waals surface area contributed by atoms with Gasteiger partial charge in [0.2, 0.25) is 5.91 Å². The Morgan fingerprint density at radius 1 is 1.12 bits per heavy atom. The Bertz CT molecular complexity index is 876. The molecule has 0 saturated carbocycles. The number of carbonyl (C=O) groups excluding carboxylic acids is 1. The number of rotatable bonds is 8. The largest absolute Gasteiger partial charge is 0.376 e. The minimum absolute atomic E-state index is 0.164. The molecule has 2 aliphatic rings. The molecule has 1 aromatic carbocycles. The zero-order valence-electron chi connectivity index (χ0n) is 19.8. The molecule has 2 saturated heterocycles. The van der Waals surface area contributed by atoms with Crippen molar-refractivity contribution in [1.82, 2.24) is 15.0 Å². The van der Waals surface area contributed by atoms with Crippen molar-refractivity contribution in [3.05, 3.63) is 52.4 Å². The van der Waals surface area contributed by atoms with E-state index in [0.717, 1.165) is 75.5 Å². The van der Waals surface area contributed by atoms with Crippen molar-refractivity contribution in [3.8, 4) is 0 Å². The fraction of sp³-hybridized carbons (Fsp3) is 0.615. The summed E-state index contributed by atoms with van der Waals surface area (Å²) in [7, 11) is 0. The van der Waals surface area contributed by atoms with Crippen molar-refractivity contribution in [2.24, 2.45) is 5.92 Å². The summed E-state index contributed by atoms with van der Waals surface area (Å²) in [6, 6.07) is 8.66. The van der Waals surface area contributed by atoms with Crippen molar-refractivity contribution < 1.29 is 14.1 Å². The summed E-state index contributed by atoms with van der Waals surface area (Å²) in [4.78, 5) is 17.9. The lowest BCUT2D eigenvalue weighted by Gasteiger charge is -2.36. The monoisotopic (exact) mass is 439 g/mol. The van der Waals surface area contributed by atoms with Crippen molar-refractivity contribution in [1.29, 1.82) is 0 Å². The van der Waals surface area contributed by atoms with Crippen molar-refractivity contribution in [3.63, 3.8) is 0 Å². The summed E-state index contributed by atoms with van der Waals surface area (Å²) in [6.07, 6.45) is 4.93.